The van der Waals surface area contributed by atoms with Gasteiger partial charge in [-0.2, -0.15) is 5.26 Å². The Morgan fingerprint density at radius 1 is 1.13 bits per heavy atom. The predicted molar refractivity (Wildman–Crippen MR) is 143 cm³/mol. The number of fused-ring (bicyclic) bond motifs is 1. The summed E-state index contributed by atoms with van der Waals surface area (Å²) in [5.74, 6) is -2.57. The Morgan fingerprint density at radius 3 is 2.44 bits per heavy atom. The lowest BCUT2D eigenvalue weighted by molar-refractivity contribution is -0.385. The number of nitrogens with zero attached hydrogens (tertiary/aromatic N) is 4. The first-order chi connectivity index (χ1) is 18.6. The molecule has 0 saturated heterocycles. The van der Waals surface area contributed by atoms with Crippen LogP contribution >= 0.6 is 0 Å². The highest BCUT2D eigenvalue weighted by molar-refractivity contribution is 6.76. The quantitative estimate of drug-likeness (QED) is 0.0861. The standard InChI is InChI=1S/C27H26F2N4O5Si/c1-39(2,3)13-12-36-17-32-16-21(18-4-6-20(7-5-18)37-11-9-30)25-24(8-10-31-27(25)32)38-26-22(28)14-19(33(34)35)15-23(26)29/h4-8,10,14-16H,11-13,17H2,1-3H3. The lowest BCUT2D eigenvalue weighted by Crippen LogP contribution is -2.22. The van der Waals surface area contributed by atoms with Crippen LogP contribution in [0.5, 0.6) is 17.2 Å². The zero-order chi connectivity index (χ0) is 28.2. The molecular weight excluding hydrogens is 526 g/mol. The molecular formula is C27H26F2N4O5Si. The normalized spacial score (nSPS) is 11.4. The molecule has 0 unspecified atom stereocenters. The summed E-state index contributed by atoms with van der Waals surface area (Å²) in [5, 5.41) is 20.2. The molecule has 0 atom stereocenters. The van der Waals surface area contributed by atoms with Crippen molar-refractivity contribution in [3.63, 3.8) is 0 Å². The van der Waals surface area contributed by atoms with Crippen LogP contribution in [0.3, 0.4) is 0 Å². The fourth-order valence-electron chi connectivity index (χ4n) is 3.84. The van der Waals surface area contributed by atoms with Crippen molar-refractivity contribution in [3.05, 3.63) is 76.6 Å². The second-order valence-corrected chi connectivity index (χ2v) is 15.6. The highest BCUT2D eigenvalue weighted by Crippen LogP contribution is 2.40. The van der Waals surface area contributed by atoms with Gasteiger partial charge in [0.2, 0.25) is 0 Å². The van der Waals surface area contributed by atoms with Crippen LogP contribution in [0.25, 0.3) is 22.2 Å². The third-order valence-corrected chi connectivity index (χ3v) is 7.52. The number of halogens is 2. The van der Waals surface area contributed by atoms with E-state index in [1.165, 1.54) is 12.3 Å². The molecule has 0 N–H and O–H groups in total. The average Bonchev–Trinajstić information content (AvgIpc) is 3.26. The number of nitro groups is 1. The molecule has 2 aromatic carbocycles. The number of rotatable bonds is 11. The monoisotopic (exact) mass is 552 g/mol. The maximum Gasteiger partial charge on any atom is 0.275 e. The second-order valence-electron chi connectivity index (χ2n) is 9.94. The van der Waals surface area contributed by atoms with E-state index in [9.17, 15) is 18.9 Å². The Morgan fingerprint density at radius 2 is 1.82 bits per heavy atom. The van der Waals surface area contributed by atoms with Gasteiger partial charge in [0.1, 0.15) is 29.9 Å². The molecule has 0 aliphatic heterocycles. The smallest absolute Gasteiger partial charge is 0.275 e. The molecule has 0 spiro atoms. The van der Waals surface area contributed by atoms with Crippen molar-refractivity contribution in [3.8, 4) is 34.4 Å². The Hall–Kier alpha value is -4.34. The van der Waals surface area contributed by atoms with Crippen molar-refractivity contribution in [2.45, 2.75) is 32.4 Å². The van der Waals surface area contributed by atoms with Crippen molar-refractivity contribution in [1.82, 2.24) is 9.55 Å². The molecule has 0 saturated carbocycles. The summed E-state index contributed by atoms with van der Waals surface area (Å²) in [4.78, 5) is 14.6. The van der Waals surface area contributed by atoms with E-state index in [-0.39, 0.29) is 19.1 Å². The molecule has 9 nitrogen and oxygen atoms in total. The van der Waals surface area contributed by atoms with Crippen molar-refractivity contribution in [2.24, 2.45) is 0 Å². The van der Waals surface area contributed by atoms with Crippen LogP contribution in [-0.2, 0) is 11.5 Å². The maximum absolute atomic E-state index is 14.7. The number of nitriles is 1. The SMILES string of the molecule is C[Si](C)(C)CCOCn1cc(-c2ccc(OCC#N)cc2)c2c(Oc3c(F)cc([N+](=O)[O-])cc3F)ccnc21. The summed E-state index contributed by atoms with van der Waals surface area (Å²) < 4.78 is 48.1. The van der Waals surface area contributed by atoms with E-state index in [1.54, 1.807) is 28.8 Å². The van der Waals surface area contributed by atoms with Crippen LogP contribution in [-0.4, -0.2) is 35.8 Å². The zero-order valence-electron chi connectivity index (χ0n) is 21.6. The van der Waals surface area contributed by atoms with Gasteiger partial charge in [0.25, 0.3) is 5.69 Å². The van der Waals surface area contributed by atoms with Gasteiger partial charge in [0, 0.05) is 32.6 Å². The Kier molecular flexibility index (Phi) is 8.23. The van der Waals surface area contributed by atoms with Gasteiger partial charge in [-0.05, 0) is 29.8 Å². The van der Waals surface area contributed by atoms with Gasteiger partial charge in [-0.1, -0.05) is 31.8 Å². The van der Waals surface area contributed by atoms with Crippen molar-refractivity contribution in [1.29, 1.82) is 5.26 Å². The Balaban J connectivity index is 1.77. The number of benzene rings is 2. The lowest BCUT2D eigenvalue weighted by Gasteiger charge is -2.15. The van der Waals surface area contributed by atoms with E-state index in [1.807, 2.05) is 12.3 Å². The number of pyridine rings is 1. The molecule has 0 radical (unpaired) electrons. The largest absolute Gasteiger partial charge is 0.479 e. The summed E-state index contributed by atoms with van der Waals surface area (Å²) in [6.07, 6.45) is 3.26. The molecule has 4 aromatic rings. The van der Waals surface area contributed by atoms with E-state index in [2.05, 4.69) is 24.6 Å². The number of nitro benzene ring substituents is 1. The Bertz CT molecular complexity index is 1520. The molecule has 0 aliphatic carbocycles. The summed E-state index contributed by atoms with van der Waals surface area (Å²) in [7, 11) is -1.30. The van der Waals surface area contributed by atoms with Crippen LogP contribution in [0.1, 0.15) is 0 Å². The van der Waals surface area contributed by atoms with Crippen molar-refractivity contribution < 1.29 is 27.9 Å². The molecule has 202 valence electrons. The van der Waals surface area contributed by atoms with Gasteiger partial charge < -0.3 is 18.8 Å². The van der Waals surface area contributed by atoms with Crippen LogP contribution in [0, 0.1) is 33.1 Å². The molecule has 0 bridgehead atoms. The Labute approximate surface area is 224 Å². The fourth-order valence-corrected chi connectivity index (χ4v) is 4.59. The summed E-state index contributed by atoms with van der Waals surface area (Å²) in [6, 6.07) is 12.5. The third-order valence-electron chi connectivity index (χ3n) is 5.82. The molecule has 39 heavy (non-hydrogen) atoms. The van der Waals surface area contributed by atoms with Crippen LogP contribution in [0.2, 0.25) is 25.7 Å². The fraction of sp³-hybridized carbons (Fsp3) is 0.259. The number of non-ortho nitro benzene ring substituents is 1. The van der Waals surface area contributed by atoms with Gasteiger partial charge in [-0.15, -0.1) is 0 Å². The second kappa shape index (κ2) is 11.6. The number of ether oxygens (including phenoxy) is 3. The summed E-state index contributed by atoms with van der Waals surface area (Å²) >= 11 is 0. The highest BCUT2D eigenvalue weighted by Gasteiger charge is 2.22. The zero-order valence-corrected chi connectivity index (χ0v) is 22.6. The van der Waals surface area contributed by atoms with Gasteiger partial charge in [0.05, 0.1) is 22.4 Å². The van der Waals surface area contributed by atoms with E-state index < -0.39 is 36.1 Å². The minimum atomic E-state index is -1.30. The minimum Gasteiger partial charge on any atom is -0.479 e. The van der Waals surface area contributed by atoms with Crippen LogP contribution < -0.4 is 9.47 Å². The first kappa shape index (κ1) is 27.7. The number of hydrogen-bond acceptors (Lipinski definition) is 7. The van der Waals surface area contributed by atoms with Crippen molar-refractivity contribution in [2.75, 3.05) is 13.2 Å². The van der Waals surface area contributed by atoms with Crippen molar-refractivity contribution >= 4 is 24.8 Å². The molecule has 0 amide bonds. The molecule has 0 aliphatic rings. The minimum absolute atomic E-state index is 0.0955. The van der Waals surface area contributed by atoms with E-state index in [0.29, 0.717) is 41.1 Å². The van der Waals surface area contributed by atoms with Gasteiger partial charge >= 0.3 is 0 Å². The van der Waals surface area contributed by atoms with E-state index in [4.69, 9.17) is 19.5 Å². The predicted octanol–water partition coefficient (Wildman–Crippen LogP) is 6.90. The number of hydrogen-bond donors (Lipinski definition) is 0. The molecule has 2 aromatic heterocycles. The summed E-state index contributed by atoms with van der Waals surface area (Å²) in [5.41, 5.74) is 1.12. The third kappa shape index (κ3) is 6.57. The molecule has 4 rings (SSSR count). The van der Waals surface area contributed by atoms with E-state index in [0.717, 1.165) is 11.6 Å². The average molecular weight is 553 g/mol. The van der Waals surface area contributed by atoms with Gasteiger partial charge in [0.15, 0.2) is 24.0 Å². The van der Waals surface area contributed by atoms with Gasteiger partial charge in [-0.25, -0.2) is 13.8 Å². The van der Waals surface area contributed by atoms with Gasteiger partial charge in [-0.3, -0.25) is 10.1 Å². The van der Waals surface area contributed by atoms with Crippen LogP contribution in [0.15, 0.2) is 54.9 Å². The topological polar surface area (TPSA) is 112 Å². The first-order valence-electron chi connectivity index (χ1n) is 12.0. The molecule has 12 heteroatoms. The number of aromatic nitrogens is 2. The van der Waals surface area contributed by atoms with E-state index >= 15 is 0 Å². The maximum atomic E-state index is 14.7. The van der Waals surface area contributed by atoms with Crippen LogP contribution in [0.4, 0.5) is 14.5 Å². The lowest BCUT2D eigenvalue weighted by atomic mass is 10.1. The summed E-state index contributed by atoms with van der Waals surface area (Å²) in [6.45, 7) is 7.44. The highest BCUT2D eigenvalue weighted by atomic mass is 28.3. The first-order valence-corrected chi connectivity index (χ1v) is 15.7. The molecule has 2 heterocycles. The molecule has 0 fully saturated rings.